The molecule has 0 amide bonds. The lowest BCUT2D eigenvalue weighted by molar-refractivity contribution is 0.256. The lowest BCUT2D eigenvalue weighted by Gasteiger charge is -2.22. The van der Waals surface area contributed by atoms with E-state index < -0.39 is 0 Å². The molecule has 0 fully saturated rings. The second-order valence-corrected chi connectivity index (χ2v) is 4.35. The molecular weight excluding hydrogens is 231 g/mol. The number of nitrogens with one attached hydrogen (secondary N) is 1. The molecule has 0 aliphatic carbocycles. The van der Waals surface area contributed by atoms with Gasteiger partial charge in [0.1, 0.15) is 5.82 Å². The molecule has 1 aromatic rings. The van der Waals surface area contributed by atoms with Gasteiger partial charge in [0.2, 0.25) is 0 Å². The highest BCUT2D eigenvalue weighted by Crippen LogP contribution is 2.19. The molecule has 0 saturated carbocycles. The lowest BCUT2D eigenvalue weighted by Crippen LogP contribution is -2.32. The maximum Gasteiger partial charge on any atom is 0.129 e. The molecule has 0 bridgehead atoms. The van der Waals surface area contributed by atoms with Gasteiger partial charge in [0.15, 0.2) is 0 Å². The smallest absolute Gasteiger partial charge is 0.129 e. The van der Waals surface area contributed by atoms with Gasteiger partial charge in [-0.2, -0.15) is 5.26 Å². The van der Waals surface area contributed by atoms with Crippen LogP contribution < -0.4 is 5.32 Å². The minimum absolute atomic E-state index is 0.119. The van der Waals surface area contributed by atoms with Crippen molar-refractivity contribution >= 4 is 0 Å². The first kappa shape index (κ1) is 14.6. The van der Waals surface area contributed by atoms with Crippen molar-refractivity contribution in [2.75, 3.05) is 6.61 Å². The van der Waals surface area contributed by atoms with Crippen LogP contribution in [0.1, 0.15) is 43.9 Å². The summed E-state index contributed by atoms with van der Waals surface area (Å²) in [6, 6.07) is 6.44. The largest absolute Gasteiger partial charge is 0.396 e. The number of benzene rings is 1. The van der Waals surface area contributed by atoms with Crippen LogP contribution in [-0.2, 0) is 0 Å². The summed E-state index contributed by atoms with van der Waals surface area (Å²) in [6.45, 7) is 4.02. The summed E-state index contributed by atoms with van der Waals surface area (Å²) < 4.78 is 13.8. The van der Waals surface area contributed by atoms with Gasteiger partial charge in [-0.1, -0.05) is 13.0 Å². The molecule has 0 heterocycles. The Bertz CT molecular complexity index is 428. The van der Waals surface area contributed by atoms with Crippen molar-refractivity contribution in [1.82, 2.24) is 5.32 Å². The van der Waals surface area contributed by atoms with E-state index >= 15 is 0 Å². The third-order valence-corrected chi connectivity index (χ3v) is 3.05. The second kappa shape index (κ2) is 7.10. The van der Waals surface area contributed by atoms with Crippen molar-refractivity contribution in [1.29, 1.82) is 5.26 Å². The molecule has 2 unspecified atom stereocenters. The fourth-order valence-electron chi connectivity index (χ4n) is 1.95. The quantitative estimate of drug-likeness (QED) is 0.815. The fourth-order valence-corrected chi connectivity index (χ4v) is 1.95. The van der Waals surface area contributed by atoms with Crippen LogP contribution in [0.3, 0.4) is 0 Å². The zero-order chi connectivity index (χ0) is 13.5. The Morgan fingerprint density at radius 2 is 2.22 bits per heavy atom. The highest BCUT2D eigenvalue weighted by Gasteiger charge is 2.15. The van der Waals surface area contributed by atoms with Gasteiger partial charge in [-0.3, -0.25) is 0 Å². The van der Waals surface area contributed by atoms with Crippen molar-refractivity contribution < 1.29 is 9.50 Å². The molecule has 0 radical (unpaired) electrons. The first-order valence-corrected chi connectivity index (χ1v) is 6.18. The standard InChI is InChI=1S/C14H19FN2O/c1-3-12(6-7-18)17-10(2)13-5-4-11(9-16)8-14(13)15/h4-5,8,10,12,17-18H,3,6-7H2,1-2H3. The average molecular weight is 250 g/mol. The Labute approximate surface area is 107 Å². The monoisotopic (exact) mass is 250 g/mol. The number of nitrogens with zero attached hydrogens (tertiary/aromatic N) is 1. The van der Waals surface area contributed by atoms with Crippen LogP contribution in [0, 0.1) is 17.1 Å². The summed E-state index contributed by atoms with van der Waals surface area (Å²) in [4.78, 5) is 0. The summed E-state index contributed by atoms with van der Waals surface area (Å²) in [7, 11) is 0. The Morgan fingerprint density at radius 1 is 1.50 bits per heavy atom. The van der Waals surface area contributed by atoms with Crippen LogP contribution >= 0.6 is 0 Å². The molecule has 2 atom stereocenters. The highest BCUT2D eigenvalue weighted by atomic mass is 19.1. The van der Waals surface area contributed by atoms with Crippen molar-refractivity contribution in [3.05, 3.63) is 35.1 Å². The fraction of sp³-hybridized carbons (Fsp3) is 0.500. The minimum atomic E-state index is -0.368. The number of nitriles is 1. The number of aliphatic hydroxyl groups is 1. The number of hydrogen-bond donors (Lipinski definition) is 2. The molecule has 3 nitrogen and oxygen atoms in total. The Hall–Kier alpha value is -1.44. The van der Waals surface area contributed by atoms with Crippen molar-refractivity contribution in [2.45, 2.75) is 38.8 Å². The van der Waals surface area contributed by atoms with Gasteiger partial charge in [-0.05, 0) is 31.9 Å². The third-order valence-electron chi connectivity index (χ3n) is 3.05. The normalized spacial score (nSPS) is 13.9. The summed E-state index contributed by atoms with van der Waals surface area (Å²) in [6.07, 6.45) is 1.53. The summed E-state index contributed by atoms with van der Waals surface area (Å²) in [5.74, 6) is -0.368. The molecule has 1 rings (SSSR count). The maximum absolute atomic E-state index is 13.8. The summed E-state index contributed by atoms with van der Waals surface area (Å²) in [5.41, 5.74) is 0.872. The van der Waals surface area contributed by atoms with Gasteiger partial charge in [0, 0.05) is 24.3 Å². The van der Waals surface area contributed by atoms with E-state index in [0.717, 1.165) is 6.42 Å². The zero-order valence-corrected chi connectivity index (χ0v) is 10.8. The van der Waals surface area contributed by atoms with Crippen molar-refractivity contribution in [3.63, 3.8) is 0 Å². The van der Waals surface area contributed by atoms with Crippen LogP contribution in [0.4, 0.5) is 4.39 Å². The van der Waals surface area contributed by atoms with Gasteiger partial charge >= 0.3 is 0 Å². The predicted molar refractivity (Wildman–Crippen MR) is 68.4 cm³/mol. The van der Waals surface area contributed by atoms with Crippen molar-refractivity contribution in [2.24, 2.45) is 0 Å². The van der Waals surface area contributed by atoms with Crippen LogP contribution in [0.5, 0.6) is 0 Å². The maximum atomic E-state index is 13.8. The predicted octanol–water partition coefficient (Wildman–Crippen LogP) is 2.51. The van der Waals surface area contributed by atoms with Gasteiger partial charge in [0.05, 0.1) is 11.6 Å². The van der Waals surface area contributed by atoms with Crippen LogP contribution in [0.15, 0.2) is 18.2 Å². The SMILES string of the molecule is CCC(CCO)NC(C)c1ccc(C#N)cc1F. The van der Waals surface area contributed by atoms with Gasteiger partial charge in [-0.15, -0.1) is 0 Å². The van der Waals surface area contributed by atoms with E-state index in [9.17, 15) is 4.39 Å². The topological polar surface area (TPSA) is 56.0 Å². The second-order valence-electron chi connectivity index (χ2n) is 4.35. The van der Waals surface area contributed by atoms with Crippen LogP contribution in [0.2, 0.25) is 0 Å². The number of halogens is 1. The first-order chi connectivity index (χ1) is 8.62. The highest BCUT2D eigenvalue weighted by molar-refractivity contribution is 5.34. The molecule has 18 heavy (non-hydrogen) atoms. The molecule has 4 heteroatoms. The first-order valence-electron chi connectivity index (χ1n) is 6.18. The van der Waals surface area contributed by atoms with Crippen molar-refractivity contribution in [3.8, 4) is 6.07 Å². The van der Waals surface area contributed by atoms with E-state index in [1.165, 1.54) is 6.07 Å². The molecule has 98 valence electrons. The van der Waals surface area contributed by atoms with E-state index in [-0.39, 0.29) is 24.5 Å². The van der Waals surface area contributed by atoms with Crippen LogP contribution in [0.25, 0.3) is 0 Å². The third kappa shape index (κ3) is 3.80. The number of hydrogen-bond acceptors (Lipinski definition) is 3. The Morgan fingerprint density at radius 3 is 2.72 bits per heavy atom. The Balaban J connectivity index is 2.77. The summed E-state index contributed by atoms with van der Waals surface area (Å²) in [5, 5.41) is 20.9. The van der Waals surface area contributed by atoms with E-state index in [0.29, 0.717) is 17.5 Å². The van der Waals surface area contributed by atoms with Gasteiger partial charge in [-0.25, -0.2) is 4.39 Å². The van der Waals surface area contributed by atoms with Gasteiger partial charge in [0.25, 0.3) is 0 Å². The lowest BCUT2D eigenvalue weighted by atomic mass is 10.0. The molecule has 0 aliphatic heterocycles. The van der Waals surface area contributed by atoms with E-state index in [4.69, 9.17) is 10.4 Å². The Kier molecular flexibility index (Phi) is 5.76. The van der Waals surface area contributed by atoms with E-state index in [1.54, 1.807) is 12.1 Å². The summed E-state index contributed by atoms with van der Waals surface area (Å²) >= 11 is 0. The van der Waals surface area contributed by atoms with E-state index in [2.05, 4.69) is 5.32 Å². The van der Waals surface area contributed by atoms with E-state index in [1.807, 2.05) is 19.9 Å². The molecule has 0 aromatic heterocycles. The number of rotatable bonds is 6. The molecule has 0 spiro atoms. The zero-order valence-electron chi connectivity index (χ0n) is 10.8. The molecule has 0 aliphatic rings. The molecule has 1 aromatic carbocycles. The molecule has 0 saturated heterocycles. The van der Waals surface area contributed by atoms with Crippen LogP contribution in [-0.4, -0.2) is 17.8 Å². The number of aliphatic hydroxyl groups excluding tert-OH is 1. The molecule has 2 N–H and O–H groups in total. The molecular formula is C14H19FN2O. The minimum Gasteiger partial charge on any atom is -0.396 e. The van der Waals surface area contributed by atoms with Gasteiger partial charge < -0.3 is 10.4 Å². The average Bonchev–Trinajstić information content (AvgIpc) is 2.37.